The lowest BCUT2D eigenvalue weighted by Gasteiger charge is -2.11. The number of ether oxygens (including phenoxy) is 1. The van der Waals surface area contributed by atoms with Gasteiger partial charge in [-0.2, -0.15) is 11.3 Å². The molecule has 0 fully saturated rings. The van der Waals surface area contributed by atoms with Gasteiger partial charge in [0.1, 0.15) is 6.61 Å². The summed E-state index contributed by atoms with van der Waals surface area (Å²) < 4.78 is 5.32. The number of hydrogen-bond acceptors (Lipinski definition) is 5. The van der Waals surface area contributed by atoms with Crippen LogP contribution < -0.4 is 11.1 Å². The van der Waals surface area contributed by atoms with Gasteiger partial charge in [-0.1, -0.05) is 24.3 Å². The van der Waals surface area contributed by atoms with E-state index in [9.17, 15) is 14.4 Å². The Hall–Kier alpha value is -3.45. The molecule has 2 amide bonds. The number of esters is 1. The zero-order chi connectivity index (χ0) is 19.2. The van der Waals surface area contributed by atoms with Crippen LogP contribution in [0.25, 0.3) is 0 Å². The molecule has 0 spiro atoms. The highest BCUT2D eigenvalue weighted by Gasteiger charge is 2.15. The van der Waals surface area contributed by atoms with E-state index in [1.807, 2.05) is 0 Å². The van der Waals surface area contributed by atoms with Crippen LogP contribution in [0.15, 0.2) is 65.4 Å². The lowest BCUT2D eigenvalue weighted by atomic mass is 10.1. The van der Waals surface area contributed by atoms with E-state index in [2.05, 4.69) is 5.32 Å². The van der Waals surface area contributed by atoms with Crippen molar-refractivity contribution >= 4 is 34.8 Å². The molecule has 27 heavy (non-hydrogen) atoms. The average molecular weight is 380 g/mol. The molecule has 0 saturated carbocycles. The van der Waals surface area contributed by atoms with Crippen molar-refractivity contribution in [2.75, 3.05) is 5.32 Å². The van der Waals surface area contributed by atoms with Crippen molar-refractivity contribution in [3.63, 3.8) is 0 Å². The molecule has 136 valence electrons. The fraction of sp³-hybridized carbons (Fsp3) is 0.0500. The van der Waals surface area contributed by atoms with Crippen molar-refractivity contribution in [3.8, 4) is 0 Å². The fourth-order valence-corrected chi connectivity index (χ4v) is 3.04. The first kappa shape index (κ1) is 18.3. The van der Waals surface area contributed by atoms with Gasteiger partial charge < -0.3 is 15.8 Å². The van der Waals surface area contributed by atoms with Crippen LogP contribution >= 0.6 is 11.3 Å². The summed E-state index contributed by atoms with van der Waals surface area (Å²) in [7, 11) is 0. The van der Waals surface area contributed by atoms with Crippen molar-refractivity contribution in [2.24, 2.45) is 5.73 Å². The second-order valence-corrected chi connectivity index (χ2v) is 6.43. The first-order valence-electron chi connectivity index (χ1n) is 8.03. The number of primary amides is 1. The predicted molar refractivity (Wildman–Crippen MR) is 103 cm³/mol. The van der Waals surface area contributed by atoms with Gasteiger partial charge in [-0.3, -0.25) is 9.59 Å². The van der Waals surface area contributed by atoms with Gasteiger partial charge >= 0.3 is 5.97 Å². The smallest absolute Gasteiger partial charge is 0.340 e. The Labute approximate surface area is 159 Å². The van der Waals surface area contributed by atoms with Crippen LogP contribution in [0.1, 0.15) is 36.6 Å². The van der Waals surface area contributed by atoms with Crippen LogP contribution in [-0.2, 0) is 11.3 Å². The summed E-state index contributed by atoms with van der Waals surface area (Å²) >= 11 is 1.41. The second kappa shape index (κ2) is 8.29. The topological polar surface area (TPSA) is 98.5 Å². The van der Waals surface area contributed by atoms with Crippen molar-refractivity contribution < 1.29 is 19.1 Å². The first-order chi connectivity index (χ1) is 13.0. The average Bonchev–Trinajstić information content (AvgIpc) is 3.22. The Morgan fingerprint density at radius 3 is 2.56 bits per heavy atom. The molecule has 3 aromatic rings. The maximum atomic E-state index is 12.5. The number of hydrogen-bond donors (Lipinski definition) is 2. The summed E-state index contributed by atoms with van der Waals surface area (Å²) in [6.07, 6.45) is 0. The lowest BCUT2D eigenvalue weighted by molar-refractivity contribution is 0.0474. The van der Waals surface area contributed by atoms with Gasteiger partial charge in [-0.25, -0.2) is 4.79 Å². The lowest BCUT2D eigenvalue weighted by Crippen LogP contribution is -2.15. The molecule has 2 aromatic carbocycles. The Kier molecular flexibility index (Phi) is 5.63. The number of amides is 2. The molecule has 3 rings (SSSR count). The van der Waals surface area contributed by atoms with E-state index < -0.39 is 11.9 Å². The number of carbonyl (C=O) groups excluding carboxylic acids is 3. The van der Waals surface area contributed by atoms with Gasteiger partial charge in [0.05, 0.1) is 16.8 Å². The van der Waals surface area contributed by atoms with Crippen LogP contribution in [-0.4, -0.2) is 17.8 Å². The van der Waals surface area contributed by atoms with Gasteiger partial charge in [0.25, 0.3) is 5.91 Å². The molecular formula is C20H16N2O4S. The molecule has 3 N–H and O–H groups in total. The minimum Gasteiger partial charge on any atom is -0.457 e. The minimum absolute atomic E-state index is 0.0211. The van der Waals surface area contributed by atoms with Gasteiger partial charge in [0, 0.05) is 10.9 Å². The van der Waals surface area contributed by atoms with E-state index in [-0.39, 0.29) is 18.1 Å². The Morgan fingerprint density at radius 1 is 1.00 bits per heavy atom. The van der Waals surface area contributed by atoms with Gasteiger partial charge in [0.15, 0.2) is 0 Å². The minimum atomic E-state index is -0.583. The maximum Gasteiger partial charge on any atom is 0.340 e. The third-order valence-corrected chi connectivity index (χ3v) is 4.44. The highest BCUT2D eigenvalue weighted by molar-refractivity contribution is 7.08. The number of nitrogens with one attached hydrogen (secondary N) is 1. The van der Waals surface area contributed by atoms with Gasteiger partial charge in [-0.15, -0.1) is 0 Å². The number of anilines is 1. The molecule has 0 bridgehead atoms. The van der Waals surface area contributed by atoms with Crippen LogP contribution in [0.5, 0.6) is 0 Å². The molecule has 0 aliphatic heterocycles. The summed E-state index contributed by atoms with van der Waals surface area (Å²) in [4.78, 5) is 35.9. The molecule has 0 saturated heterocycles. The number of rotatable bonds is 6. The normalized spacial score (nSPS) is 10.2. The van der Waals surface area contributed by atoms with Crippen LogP contribution in [0.2, 0.25) is 0 Å². The van der Waals surface area contributed by atoms with E-state index in [0.29, 0.717) is 22.4 Å². The van der Waals surface area contributed by atoms with E-state index in [0.717, 1.165) is 0 Å². The molecule has 7 heteroatoms. The van der Waals surface area contributed by atoms with E-state index in [1.54, 1.807) is 65.4 Å². The zero-order valence-electron chi connectivity index (χ0n) is 14.2. The molecule has 1 aromatic heterocycles. The van der Waals surface area contributed by atoms with Gasteiger partial charge in [0.2, 0.25) is 5.91 Å². The number of benzene rings is 2. The second-order valence-electron chi connectivity index (χ2n) is 5.65. The number of carbonyl (C=O) groups is 3. The summed E-state index contributed by atoms with van der Waals surface area (Å²) in [6, 6.07) is 14.9. The van der Waals surface area contributed by atoms with Gasteiger partial charge in [-0.05, 0) is 41.3 Å². The van der Waals surface area contributed by atoms with E-state index in [4.69, 9.17) is 10.5 Å². The standard InChI is InChI=1S/C20H16N2O4S/c21-18(23)14-5-3-4-13(10-14)11-26-20(25)16-6-1-2-7-17(16)22-19(24)15-8-9-27-12-15/h1-10,12H,11H2,(H2,21,23)(H,22,24). The number of para-hydroxylation sites is 1. The van der Waals surface area contributed by atoms with Crippen molar-refractivity contribution in [2.45, 2.75) is 6.61 Å². The van der Waals surface area contributed by atoms with Crippen molar-refractivity contribution in [1.29, 1.82) is 0 Å². The molecule has 0 unspecified atom stereocenters. The first-order valence-corrected chi connectivity index (χ1v) is 8.97. The highest BCUT2D eigenvalue weighted by Crippen LogP contribution is 2.19. The third kappa shape index (κ3) is 4.59. The number of nitrogens with two attached hydrogens (primary N) is 1. The molecule has 0 radical (unpaired) electrons. The Balaban J connectivity index is 1.71. The third-order valence-electron chi connectivity index (χ3n) is 3.76. The molecule has 0 aliphatic rings. The van der Waals surface area contributed by atoms with E-state index in [1.165, 1.54) is 11.3 Å². The summed E-state index contributed by atoms with van der Waals surface area (Å²) in [6.45, 7) is -0.0211. The fourth-order valence-electron chi connectivity index (χ4n) is 2.40. The summed E-state index contributed by atoms with van der Waals surface area (Å²) in [5, 5.41) is 6.25. The molecule has 0 atom stereocenters. The molecule has 6 nitrogen and oxygen atoms in total. The Morgan fingerprint density at radius 2 is 1.81 bits per heavy atom. The molecular weight excluding hydrogens is 364 g/mol. The molecule has 0 aliphatic carbocycles. The monoisotopic (exact) mass is 380 g/mol. The molecule has 1 heterocycles. The Bertz CT molecular complexity index is 983. The predicted octanol–water partition coefficient (Wildman–Crippen LogP) is 3.46. The largest absolute Gasteiger partial charge is 0.457 e. The zero-order valence-corrected chi connectivity index (χ0v) is 15.0. The summed E-state index contributed by atoms with van der Waals surface area (Å²) in [5.74, 6) is -1.43. The van der Waals surface area contributed by atoms with E-state index >= 15 is 0 Å². The van der Waals surface area contributed by atoms with Crippen LogP contribution in [0.4, 0.5) is 5.69 Å². The SMILES string of the molecule is NC(=O)c1cccc(COC(=O)c2ccccc2NC(=O)c2ccsc2)c1. The quantitative estimate of drug-likeness (QED) is 0.640. The number of thiophene rings is 1. The van der Waals surface area contributed by atoms with Crippen molar-refractivity contribution in [3.05, 3.63) is 87.6 Å². The van der Waals surface area contributed by atoms with Crippen molar-refractivity contribution in [1.82, 2.24) is 0 Å². The maximum absolute atomic E-state index is 12.5. The van der Waals surface area contributed by atoms with Crippen LogP contribution in [0, 0.1) is 0 Å². The summed E-state index contributed by atoms with van der Waals surface area (Å²) in [5.41, 5.74) is 7.36. The highest BCUT2D eigenvalue weighted by atomic mass is 32.1. The van der Waals surface area contributed by atoms with Crippen LogP contribution in [0.3, 0.4) is 0 Å².